The van der Waals surface area contributed by atoms with E-state index in [0.29, 0.717) is 6.61 Å². The lowest BCUT2D eigenvalue weighted by Crippen LogP contribution is -2.37. The molecule has 0 spiro atoms. The number of methoxy groups -OCH3 is 1. The van der Waals surface area contributed by atoms with E-state index in [9.17, 15) is 4.79 Å². The van der Waals surface area contributed by atoms with Gasteiger partial charge in [-0.15, -0.1) is 0 Å². The Bertz CT molecular complexity index is 203. The summed E-state index contributed by atoms with van der Waals surface area (Å²) in [5, 5.41) is 0. The van der Waals surface area contributed by atoms with E-state index in [1.807, 2.05) is 11.8 Å². The molecular formula is C9H15NO3. The molecule has 1 saturated heterocycles. The molecule has 0 radical (unpaired) electrons. The molecule has 1 aliphatic heterocycles. The minimum absolute atomic E-state index is 0.232. The molecule has 0 aliphatic carbocycles. The Labute approximate surface area is 78.1 Å². The molecule has 1 fully saturated rings. The number of esters is 1. The molecule has 13 heavy (non-hydrogen) atoms. The van der Waals surface area contributed by atoms with Gasteiger partial charge < -0.3 is 14.4 Å². The topological polar surface area (TPSA) is 38.8 Å². The Kier molecular flexibility index (Phi) is 3.76. The maximum absolute atomic E-state index is 10.8. The van der Waals surface area contributed by atoms with Crippen LogP contribution in [0.5, 0.6) is 0 Å². The van der Waals surface area contributed by atoms with Gasteiger partial charge in [0.25, 0.3) is 0 Å². The number of carbonyl (C=O) groups excluding carboxylic acids is 1. The smallest absolute Gasteiger partial charge is 0.331 e. The molecular weight excluding hydrogens is 170 g/mol. The molecule has 1 rings (SSSR count). The van der Waals surface area contributed by atoms with Crippen LogP contribution in [0.15, 0.2) is 12.3 Å². The Hall–Kier alpha value is -1.03. The number of rotatable bonds is 2. The predicted octanol–water partition coefficient (Wildman–Crippen LogP) is 0.394. The Balaban J connectivity index is 2.35. The fraction of sp³-hybridized carbons (Fsp3) is 0.667. The zero-order chi connectivity index (χ0) is 9.68. The van der Waals surface area contributed by atoms with Crippen molar-refractivity contribution < 1.29 is 14.3 Å². The number of ether oxygens (including phenoxy) is 2. The van der Waals surface area contributed by atoms with Crippen molar-refractivity contribution in [2.75, 3.05) is 26.8 Å². The summed E-state index contributed by atoms with van der Waals surface area (Å²) in [4.78, 5) is 12.8. The third kappa shape index (κ3) is 3.46. The summed E-state index contributed by atoms with van der Waals surface area (Å²) in [6, 6.07) is 0. The highest BCUT2D eigenvalue weighted by atomic mass is 16.5. The number of morpholine rings is 1. The van der Waals surface area contributed by atoms with Gasteiger partial charge in [-0.25, -0.2) is 4.79 Å². The fourth-order valence-electron chi connectivity index (χ4n) is 1.22. The number of hydrogen-bond donors (Lipinski definition) is 0. The molecule has 4 heteroatoms. The summed E-state index contributed by atoms with van der Waals surface area (Å²) in [6.07, 6.45) is 3.42. The second kappa shape index (κ2) is 4.87. The van der Waals surface area contributed by atoms with Crippen molar-refractivity contribution >= 4 is 5.97 Å². The molecule has 0 aromatic heterocycles. The maximum atomic E-state index is 10.8. The van der Waals surface area contributed by atoms with Gasteiger partial charge >= 0.3 is 5.97 Å². The SMILES string of the molecule is COC(=O)/C=C/N1CCOC(C)C1. The quantitative estimate of drug-likeness (QED) is 0.461. The molecule has 1 heterocycles. The first-order valence-electron chi connectivity index (χ1n) is 4.34. The highest BCUT2D eigenvalue weighted by molar-refractivity contribution is 5.81. The Morgan fingerprint density at radius 3 is 3.08 bits per heavy atom. The average Bonchev–Trinajstić information content (AvgIpc) is 2.14. The molecule has 1 aliphatic rings. The molecule has 4 nitrogen and oxygen atoms in total. The van der Waals surface area contributed by atoms with Gasteiger partial charge in [-0.2, -0.15) is 0 Å². The summed E-state index contributed by atoms with van der Waals surface area (Å²) in [5.41, 5.74) is 0. The summed E-state index contributed by atoms with van der Waals surface area (Å²) in [5.74, 6) is -0.320. The Morgan fingerprint density at radius 2 is 2.46 bits per heavy atom. The van der Waals surface area contributed by atoms with Crippen molar-refractivity contribution in [2.45, 2.75) is 13.0 Å². The van der Waals surface area contributed by atoms with Crippen molar-refractivity contribution in [2.24, 2.45) is 0 Å². The zero-order valence-corrected chi connectivity index (χ0v) is 8.03. The molecule has 0 amide bonds. The fourth-order valence-corrected chi connectivity index (χ4v) is 1.22. The average molecular weight is 185 g/mol. The lowest BCUT2D eigenvalue weighted by atomic mass is 10.3. The molecule has 1 atom stereocenters. The van der Waals surface area contributed by atoms with E-state index in [4.69, 9.17) is 4.74 Å². The molecule has 0 saturated carbocycles. The van der Waals surface area contributed by atoms with Crippen LogP contribution in [0.1, 0.15) is 6.92 Å². The van der Waals surface area contributed by atoms with E-state index >= 15 is 0 Å². The largest absolute Gasteiger partial charge is 0.466 e. The van der Waals surface area contributed by atoms with E-state index in [1.165, 1.54) is 13.2 Å². The monoisotopic (exact) mass is 185 g/mol. The van der Waals surface area contributed by atoms with Crippen LogP contribution in [0, 0.1) is 0 Å². The molecule has 0 bridgehead atoms. The molecule has 0 aromatic carbocycles. The highest BCUT2D eigenvalue weighted by Crippen LogP contribution is 2.04. The summed E-state index contributed by atoms with van der Waals surface area (Å²) in [6.45, 7) is 4.39. The van der Waals surface area contributed by atoms with Gasteiger partial charge in [0.1, 0.15) is 0 Å². The molecule has 1 unspecified atom stereocenters. The minimum atomic E-state index is -0.320. The standard InChI is InChI=1S/C9H15NO3/c1-8-7-10(5-6-13-8)4-3-9(11)12-2/h3-4,8H,5-7H2,1-2H3/b4-3+. The van der Waals surface area contributed by atoms with Crippen LogP contribution in [-0.4, -0.2) is 43.8 Å². The zero-order valence-electron chi connectivity index (χ0n) is 8.03. The first-order chi connectivity index (χ1) is 6.22. The van der Waals surface area contributed by atoms with Crippen LogP contribution in [0.3, 0.4) is 0 Å². The van der Waals surface area contributed by atoms with E-state index in [2.05, 4.69) is 4.74 Å². The van der Waals surface area contributed by atoms with Gasteiger partial charge in [0.15, 0.2) is 0 Å². The normalized spacial score (nSPS) is 23.5. The lowest BCUT2D eigenvalue weighted by Gasteiger charge is -2.29. The van der Waals surface area contributed by atoms with Crippen LogP contribution in [-0.2, 0) is 14.3 Å². The van der Waals surface area contributed by atoms with E-state index in [0.717, 1.165) is 13.1 Å². The summed E-state index contributed by atoms with van der Waals surface area (Å²) >= 11 is 0. The minimum Gasteiger partial charge on any atom is -0.466 e. The maximum Gasteiger partial charge on any atom is 0.331 e. The van der Waals surface area contributed by atoms with Crippen molar-refractivity contribution in [1.82, 2.24) is 4.90 Å². The molecule has 0 aromatic rings. The van der Waals surface area contributed by atoms with Gasteiger partial charge in [0.05, 0.1) is 19.8 Å². The van der Waals surface area contributed by atoms with Crippen LogP contribution < -0.4 is 0 Å². The van der Waals surface area contributed by atoms with Crippen molar-refractivity contribution in [3.05, 3.63) is 12.3 Å². The van der Waals surface area contributed by atoms with E-state index < -0.39 is 0 Å². The summed E-state index contributed by atoms with van der Waals surface area (Å²) < 4.78 is 9.83. The van der Waals surface area contributed by atoms with Gasteiger partial charge in [-0.3, -0.25) is 0 Å². The third-order valence-corrected chi connectivity index (χ3v) is 1.90. The summed E-state index contributed by atoms with van der Waals surface area (Å²) in [7, 11) is 1.37. The van der Waals surface area contributed by atoms with Crippen LogP contribution in [0.25, 0.3) is 0 Å². The van der Waals surface area contributed by atoms with Gasteiger partial charge in [-0.05, 0) is 6.92 Å². The highest BCUT2D eigenvalue weighted by Gasteiger charge is 2.13. The van der Waals surface area contributed by atoms with Crippen molar-refractivity contribution in [3.63, 3.8) is 0 Å². The molecule has 0 N–H and O–H groups in total. The van der Waals surface area contributed by atoms with Gasteiger partial charge in [0, 0.05) is 25.4 Å². The van der Waals surface area contributed by atoms with Gasteiger partial charge in [0.2, 0.25) is 0 Å². The number of carbonyl (C=O) groups is 1. The van der Waals surface area contributed by atoms with Crippen LogP contribution in [0.2, 0.25) is 0 Å². The van der Waals surface area contributed by atoms with E-state index in [1.54, 1.807) is 6.20 Å². The van der Waals surface area contributed by atoms with Crippen LogP contribution >= 0.6 is 0 Å². The van der Waals surface area contributed by atoms with E-state index in [-0.39, 0.29) is 12.1 Å². The van der Waals surface area contributed by atoms with Crippen molar-refractivity contribution in [1.29, 1.82) is 0 Å². The van der Waals surface area contributed by atoms with Gasteiger partial charge in [-0.1, -0.05) is 0 Å². The third-order valence-electron chi connectivity index (χ3n) is 1.90. The Morgan fingerprint density at radius 1 is 1.69 bits per heavy atom. The first kappa shape index (κ1) is 10.1. The predicted molar refractivity (Wildman–Crippen MR) is 48.1 cm³/mol. The van der Waals surface area contributed by atoms with Crippen LogP contribution in [0.4, 0.5) is 0 Å². The molecule has 74 valence electrons. The second-order valence-corrected chi connectivity index (χ2v) is 3.02. The first-order valence-corrected chi connectivity index (χ1v) is 4.34. The van der Waals surface area contributed by atoms with Crippen molar-refractivity contribution in [3.8, 4) is 0 Å². The second-order valence-electron chi connectivity index (χ2n) is 3.02. The number of nitrogens with zero attached hydrogens (tertiary/aromatic N) is 1. The lowest BCUT2D eigenvalue weighted by molar-refractivity contribution is -0.134. The number of hydrogen-bond acceptors (Lipinski definition) is 4.